The van der Waals surface area contributed by atoms with Gasteiger partial charge in [-0.1, -0.05) is 48.5 Å². The number of hydrogen-bond acceptors (Lipinski definition) is 1. The molecule has 0 aliphatic carbocycles. The Kier molecular flexibility index (Phi) is 3.32. The summed E-state index contributed by atoms with van der Waals surface area (Å²) >= 11 is 5.65. The van der Waals surface area contributed by atoms with E-state index in [2.05, 4.69) is 6.58 Å². The van der Waals surface area contributed by atoms with E-state index < -0.39 is 0 Å². The molecular formula is C10H12ClN. The molecule has 12 heavy (non-hydrogen) atoms. The zero-order chi connectivity index (χ0) is 8.97. The summed E-state index contributed by atoms with van der Waals surface area (Å²) in [6.07, 6.45) is 0.631. The van der Waals surface area contributed by atoms with E-state index in [1.54, 1.807) is 0 Å². The van der Waals surface area contributed by atoms with E-state index >= 15 is 0 Å². The molecule has 0 amide bonds. The molecule has 0 aliphatic rings. The van der Waals surface area contributed by atoms with Crippen molar-refractivity contribution in [3.8, 4) is 0 Å². The van der Waals surface area contributed by atoms with Gasteiger partial charge >= 0.3 is 0 Å². The van der Waals surface area contributed by atoms with Crippen molar-refractivity contribution < 1.29 is 0 Å². The van der Waals surface area contributed by atoms with Gasteiger partial charge < -0.3 is 5.73 Å². The van der Waals surface area contributed by atoms with Crippen LogP contribution < -0.4 is 5.73 Å². The van der Waals surface area contributed by atoms with Crippen LogP contribution in [0.4, 0.5) is 0 Å². The zero-order valence-electron chi connectivity index (χ0n) is 6.83. The van der Waals surface area contributed by atoms with Gasteiger partial charge in [0.2, 0.25) is 0 Å². The minimum Gasteiger partial charge on any atom is -0.324 e. The van der Waals surface area contributed by atoms with Crippen LogP contribution in [-0.4, -0.2) is 0 Å². The Morgan fingerprint density at radius 3 is 2.50 bits per heavy atom. The van der Waals surface area contributed by atoms with Gasteiger partial charge in [0.1, 0.15) is 0 Å². The van der Waals surface area contributed by atoms with Crippen LogP contribution in [0.1, 0.15) is 18.0 Å². The van der Waals surface area contributed by atoms with Gasteiger partial charge in [0.15, 0.2) is 0 Å². The lowest BCUT2D eigenvalue weighted by Crippen LogP contribution is -2.09. The third-order valence-electron chi connectivity index (χ3n) is 1.67. The minimum atomic E-state index is -0.0313. The summed E-state index contributed by atoms with van der Waals surface area (Å²) in [6, 6.07) is 9.84. The number of rotatable bonds is 3. The highest BCUT2D eigenvalue weighted by atomic mass is 35.5. The monoisotopic (exact) mass is 181 g/mol. The second kappa shape index (κ2) is 4.29. The van der Waals surface area contributed by atoms with E-state index in [0.717, 1.165) is 5.56 Å². The van der Waals surface area contributed by atoms with Crippen LogP contribution in [0.15, 0.2) is 41.9 Å². The lowest BCUT2D eigenvalue weighted by molar-refractivity contribution is 0.735. The maximum Gasteiger partial charge on any atom is 0.0344 e. The fourth-order valence-electron chi connectivity index (χ4n) is 1.06. The van der Waals surface area contributed by atoms with Crippen molar-refractivity contribution in [3.63, 3.8) is 0 Å². The molecule has 64 valence electrons. The second-order valence-electron chi connectivity index (χ2n) is 2.74. The zero-order valence-corrected chi connectivity index (χ0v) is 7.59. The number of halogens is 1. The molecule has 1 rings (SSSR count). The lowest BCUT2D eigenvalue weighted by atomic mass is 10.1. The van der Waals surface area contributed by atoms with Crippen molar-refractivity contribution in [1.82, 2.24) is 0 Å². The first-order valence-corrected chi connectivity index (χ1v) is 4.21. The highest BCUT2D eigenvalue weighted by Crippen LogP contribution is 2.18. The maximum atomic E-state index is 5.85. The molecule has 0 saturated heterocycles. The molecule has 0 bridgehead atoms. The Morgan fingerprint density at radius 1 is 1.42 bits per heavy atom. The molecule has 2 N–H and O–H groups in total. The van der Waals surface area contributed by atoms with Crippen LogP contribution in [0.3, 0.4) is 0 Å². The van der Waals surface area contributed by atoms with Gasteiger partial charge in [-0.05, 0) is 5.56 Å². The largest absolute Gasteiger partial charge is 0.324 e. The molecule has 1 unspecified atom stereocenters. The van der Waals surface area contributed by atoms with E-state index in [0.29, 0.717) is 11.5 Å². The van der Waals surface area contributed by atoms with Gasteiger partial charge in [-0.3, -0.25) is 0 Å². The van der Waals surface area contributed by atoms with E-state index in [1.807, 2.05) is 30.3 Å². The predicted molar refractivity (Wildman–Crippen MR) is 53.0 cm³/mol. The van der Waals surface area contributed by atoms with Crippen LogP contribution in [0.25, 0.3) is 0 Å². The maximum absolute atomic E-state index is 5.85. The molecule has 1 aromatic carbocycles. The second-order valence-corrected chi connectivity index (χ2v) is 3.27. The highest BCUT2D eigenvalue weighted by molar-refractivity contribution is 6.29. The summed E-state index contributed by atoms with van der Waals surface area (Å²) in [5, 5.41) is 0.603. The third-order valence-corrected chi connectivity index (χ3v) is 1.82. The number of benzene rings is 1. The Labute approximate surface area is 77.8 Å². The van der Waals surface area contributed by atoms with Crippen molar-refractivity contribution in [2.45, 2.75) is 12.5 Å². The molecule has 0 aromatic heterocycles. The molecular weight excluding hydrogens is 170 g/mol. The smallest absolute Gasteiger partial charge is 0.0344 e. The fourth-order valence-corrected chi connectivity index (χ4v) is 1.22. The topological polar surface area (TPSA) is 26.0 Å². The average molecular weight is 182 g/mol. The Hall–Kier alpha value is -0.790. The van der Waals surface area contributed by atoms with Crippen molar-refractivity contribution in [3.05, 3.63) is 47.5 Å². The molecule has 0 fully saturated rings. The van der Waals surface area contributed by atoms with E-state index in [1.165, 1.54) is 0 Å². The van der Waals surface area contributed by atoms with Gasteiger partial charge in [0.05, 0.1) is 0 Å². The van der Waals surface area contributed by atoms with Crippen LogP contribution in [0, 0.1) is 0 Å². The standard InChI is InChI=1S/C10H12ClN/c1-8(11)7-10(12)9-5-3-2-4-6-9/h2-6,10H,1,7,12H2. The van der Waals surface area contributed by atoms with Gasteiger partial charge in [-0.15, -0.1) is 0 Å². The minimum absolute atomic E-state index is 0.0313. The molecule has 0 aliphatic heterocycles. The molecule has 2 heteroatoms. The molecule has 0 radical (unpaired) electrons. The normalized spacial score (nSPS) is 12.5. The fraction of sp³-hybridized carbons (Fsp3) is 0.200. The molecule has 1 atom stereocenters. The van der Waals surface area contributed by atoms with Gasteiger partial charge in [0.25, 0.3) is 0 Å². The van der Waals surface area contributed by atoms with Crippen molar-refractivity contribution in [2.75, 3.05) is 0 Å². The summed E-state index contributed by atoms with van der Waals surface area (Å²) in [6.45, 7) is 3.61. The van der Waals surface area contributed by atoms with Crippen LogP contribution >= 0.6 is 11.6 Å². The van der Waals surface area contributed by atoms with Crippen molar-refractivity contribution in [1.29, 1.82) is 0 Å². The molecule has 1 nitrogen and oxygen atoms in total. The SMILES string of the molecule is C=C(Cl)CC(N)c1ccccc1. The van der Waals surface area contributed by atoms with Crippen molar-refractivity contribution >= 4 is 11.6 Å². The first-order valence-electron chi connectivity index (χ1n) is 3.84. The van der Waals surface area contributed by atoms with Crippen LogP contribution in [0.5, 0.6) is 0 Å². The van der Waals surface area contributed by atoms with Crippen molar-refractivity contribution in [2.24, 2.45) is 5.73 Å². The number of nitrogens with two attached hydrogens (primary N) is 1. The first kappa shape index (κ1) is 9.30. The highest BCUT2D eigenvalue weighted by Gasteiger charge is 2.04. The van der Waals surface area contributed by atoms with Crippen LogP contribution in [0.2, 0.25) is 0 Å². The first-order chi connectivity index (χ1) is 5.70. The van der Waals surface area contributed by atoms with Crippen LogP contribution in [-0.2, 0) is 0 Å². The summed E-state index contributed by atoms with van der Waals surface area (Å²) < 4.78 is 0. The molecule has 0 heterocycles. The Morgan fingerprint density at radius 2 is 2.00 bits per heavy atom. The van der Waals surface area contributed by atoms with Gasteiger partial charge in [0, 0.05) is 17.5 Å². The predicted octanol–water partition coefficient (Wildman–Crippen LogP) is 2.83. The lowest BCUT2D eigenvalue weighted by Gasteiger charge is -2.09. The molecule has 0 spiro atoms. The quantitative estimate of drug-likeness (QED) is 0.763. The molecule has 0 saturated carbocycles. The van der Waals surface area contributed by atoms with E-state index in [4.69, 9.17) is 17.3 Å². The van der Waals surface area contributed by atoms with Gasteiger partial charge in [-0.25, -0.2) is 0 Å². The third kappa shape index (κ3) is 2.68. The van der Waals surface area contributed by atoms with E-state index in [-0.39, 0.29) is 6.04 Å². The summed E-state index contributed by atoms with van der Waals surface area (Å²) in [5.74, 6) is 0. The summed E-state index contributed by atoms with van der Waals surface area (Å²) in [4.78, 5) is 0. The Balaban J connectivity index is 2.65. The van der Waals surface area contributed by atoms with Gasteiger partial charge in [-0.2, -0.15) is 0 Å². The summed E-state index contributed by atoms with van der Waals surface area (Å²) in [7, 11) is 0. The number of hydrogen-bond donors (Lipinski definition) is 1. The average Bonchev–Trinajstić information content (AvgIpc) is 2.05. The Bertz CT molecular complexity index is 256. The summed E-state index contributed by atoms with van der Waals surface area (Å²) in [5.41, 5.74) is 6.95. The van der Waals surface area contributed by atoms with E-state index in [9.17, 15) is 0 Å². The molecule has 1 aromatic rings.